The summed E-state index contributed by atoms with van der Waals surface area (Å²) >= 11 is 0. The van der Waals surface area contributed by atoms with Crippen molar-refractivity contribution in [2.75, 3.05) is 13.2 Å². The Kier molecular flexibility index (Phi) is 4.36. The average molecular weight is 326 g/mol. The molecular weight excluding hydrogens is 308 g/mol. The highest BCUT2D eigenvalue weighted by Crippen LogP contribution is 2.47. The first kappa shape index (κ1) is 15.9. The summed E-state index contributed by atoms with van der Waals surface area (Å²) in [6, 6.07) is 0. The third kappa shape index (κ3) is 2.96. The second-order valence-corrected chi connectivity index (χ2v) is 5.84. The Bertz CT molecular complexity index is 542. The van der Waals surface area contributed by atoms with Crippen molar-refractivity contribution in [3.05, 3.63) is 12.2 Å². The Balaban J connectivity index is 1.39. The molecule has 3 saturated heterocycles. The van der Waals surface area contributed by atoms with Crippen molar-refractivity contribution >= 4 is 17.9 Å². The first-order valence-electron chi connectivity index (χ1n) is 7.52. The third-order valence-corrected chi connectivity index (χ3v) is 4.29. The molecule has 8 nitrogen and oxygen atoms in total. The lowest BCUT2D eigenvalue weighted by atomic mass is 9.88. The molecule has 0 spiro atoms. The normalized spacial score (nSPS) is 33.4. The summed E-state index contributed by atoms with van der Waals surface area (Å²) in [4.78, 5) is 34.7. The fourth-order valence-electron chi connectivity index (χ4n) is 3.14. The maximum absolute atomic E-state index is 11.9. The standard InChI is InChI=1S/C15H18O8/c1-7(6-16)14(18)20-4-2-3-10(17)22-12-9-5-8-11(21-9)13(12)23-15(8)19/h8-9,11-13,16H,1-6H2. The van der Waals surface area contributed by atoms with Crippen LogP contribution < -0.4 is 0 Å². The van der Waals surface area contributed by atoms with Crippen LogP contribution in [0.2, 0.25) is 0 Å². The van der Waals surface area contributed by atoms with Gasteiger partial charge in [0.25, 0.3) is 0 Å². The molecule has 0 aromatic heterocycles. The lowest BCUT2D eigenvalue weighted by Gasteiger charge is -2.22. The molecule has 0 aromatic rings. The summed E-state index contributed by atoms with van der Waals surface area (Å²) in [6.07, 6.45) is -0.743. The van der Waals surface area contributed by atoms with Crippen LogP contribution in [-0.2, 0) is 33.3 Å². The van der Waals surface area contributed by atoms with Gasteiger partial charge in [-0.2, -0.15) is 0 Å². The van der Waals surface area contributed by atoms with Crippen LogP contribution in [0.4, 0.5) is 0 Å². The number of ether oxygens (including phenoxy) is 4. The van der Waals surface area contributed by atoms with Gasteiger partial charge >= 0.3 is 17.9 Å². The summed E-state index contributed by atoms with van der Waals surface area (Å²) in [6.45, 7) is 2.90. The minimum atomic E-state index is -0.689. The lowest BCUT2D eigenvalue weighted by molar-refractivity contribution is -0.161. The van der Waals surface area contributed by atoms with E-state index in [0.29, 0.717) is 6.42 Å². The minimum Gasteiger partial charge on any atom is -0.462 e. The summed E-state index contributed by atoms with van der Waals surface area (Å²) < 4.78 is 21.0. The maximum atomic E-state index is 11.9. The van der Waals surface area contributed by atoms with Crippen LogP contribution in [0.15, 0.2) is 12.2 Å². The van der Waals surface area contributed by atoms with Gasteiger partial charge in [0, 0.05) is 6.42 Å². The van der Waals surface area contributed by atoms with Crippen LogP contribution >= 0.6 is 0 Å². The zero-order chi connectivity index (χ0) is 16.6. The van der Waals surface area contributed by atoms with Gasteiger partial charge in [0.1, 0.15) is 6.10 Å². The molecular formula is C15H18O8. The number of carbonyl (C=O) groups excluding carboxylic acids is 3. The van der Waals surface area contributed by atoms with Gasteiger partial charge in [-0.3, -0.25) is 9.59 Å². The molecule has 8 heteroatoms. The van der Waals surface area contributed by atoms with Crippen LogP contribution in [0.5, 0.6) is 0 Å². The van der Waals surface area contributed by atoms with Crippen molar-refractivity contribution in [1.29, 1.82) is 0 Å². The molecule has 23 heavy (non-hydrogen) atoms. The van der Waals surface area contributed by atoms with Crippen molar-refractivity contribution in [1.82, 2.24) is 0 Å². The molecule has 0 aromatic carbocycles. The number of hydrogen-bond acceptors (Lipinski definition) is 8. The Morgan fingerprint density at radius 2 is 2.13 bits per heavy atom. The number of carbonyl (C=O) groups is 3. The smallest absolute Gasteiger partial charge is 0.335 e. The van der Waals surface area contributed by atoms with Crippen molar-refractivity contribution in [3.8, 4) is 0 Å². The Labute approximate surface area is 132 Å². The molecule has 2 bridgehead atoms. The van der Waals surface area contributed by atoms with Gasteiger partial charge < -0.3 is 24.1 Å². The second-order valence-electron chi connectivity index (χ2n) is 5.84. The summed E-state index contributed by atoms with van der Waals surface area (Å²) in [5, 5.41) is 8.71. The second kappa shape index (κ2) is 6.29. The van der Waals surface area contributed by atoms with E-state index in [1.54, 1.807) is 0 Å². The van der Waals surface area contributed by atoms with Gasteiger partial charge in [0.05, 0.1) is 30.8 Å². The van der Waals surface area contributed by atoms with Crippen molar-refractivity contribution in [2.45, 2.75) is 43.7 Å². The largest absolute Gasteiger partial charge is 0.462 e. The van der Waals surface area contributed by atoms with E-state index in [9.17, 15) is 14.4 Å². The predicted octanol–water partition coefficient (Wildman–Crippen LogP) is -0.517. The van der Waals surface area contributed by atoms with Crippen LogP contribution in [0, 0.1) is 5.92 Å². The summed E-state index contributed by atoms with van der Waals surface area (Å²) in [7, 11) is 0. The quantitative estimate of drug-likeness (QED) is 0.288. The zero-order valence-corrected chi connectivity index (χ0v) is 12.4. The Morgan fingerprint density at radius 1 is 1.35 bits per heavy atom. The van der Waals surface area contributed by atoms with Crippen molar-refractivity contribution < 1.29 is 38.4 Å². The highest BCUT2D eigenvalue weighted by atomic mass is 16.7. The molecule has 126 valence electrons. The monoisotopic (exact) mass is 326 g/mol. The van der Waals surface area contributed by atoms with Gasteiger partial charge in [0.15, 0.2) is 12.2 Å². The molecule has 5 atom stereocenters. The SMILES string of the molecule is C=C(CO)C(=O)OCCCC(=O)OC1C2CC3C(=O)OC1C3O2. The number of rotatable bonds is 7. The van der Waals surface area contributed by atoms with Crippen molar-refractivity contribution in [3.63, 3.8) is 0 Å². The Morgan fingerprint density at radius 3 is 2.87 bits per heavy atom. The molecule has 0 amide bonds. The highest BCUT2D eigenvalue weighted by Gasteiger charge is 2.65. The molecule has 0 radical (unpaired) electrons. The Hall–Kier alpha value is -1.93. The third-order valence-electron chi connectivity index (χ3n) is 4.29. The van der Waals surface area contributed by atoms with Gasteiger partial charge in [-0.25, -0.2) is 4.79 Å². The van der Waals surface area contributed by atoms with E-state index in [1.807, 2.05) is 0 Å². The highest BCUT2D eigenvalue weighted by molar-refractivity contribution is 5.87. The van der Waals surface area contributed by atoms with E-state index in [1.165, 1.54) is 0 Å². The number of esters is 3. The molecule has 0 aliphatic carbocycles. The fraction of sp³-hybridized carbons (Fsp3) is 0.667. The van der Waals surface area contributed by atoms with Gasteiger partial charge in [-0.05, 0) is 12.8 Å². The summed E-state index contributed by atoms with van der Waals surface area (Å²) in [5.74, 6) is -1.65. The van der Waals surface area contributed by atoms with Gasteiger partial charge in [-0.1, -0.05) is 6.58 Å². The predicted molar refractivity (Wildman–Crippen MR) is 72.9 cm³/mol. The molecule has 3 fully saturated rings. The number of aliphatic hydroxyl groups is 1. The van der Waals surface area contributed by atoms with E-state index >= 15 is 0 Å². The van der Waals surface area contributed by atoms with Crippen LogP contribution in [0.3, 0.4) is 0 Å². The maximum Gasteiger partial charge on any atom is 0.335 e. The van der Waals surface area contributed by atoms with Gasteiger partial charge in [0.2, 0.25) is 0 Å². The molecule has 3 aliphatic heterocycles. The molecule has 1 N–H and O–H groups in total. The fourth-order valence-corrected chi connectivity index (χ4v) is 3.14. The van der Waals surface area contributed by atoms with E-state index < -0.39 is 30.8 Å². The molecule has 0 saturated carbocycles. The minimum absolute atomic E-state index is 0.0284. The lowest BCUT2D eigenvalue weighted by Crippen LogP contribution is -2.40. The van der Waals surface area contributed by atoms with Crippen molar-refractivity contribution in [2.24, 2.45) is 5.92 Å². The van der Waals surface area contributed by atoms with Gasteiger partial charge in [-0.15, -0.1) is 0 Å². The zero-order valence-electron chi connectivity index (χ0n) is 12.4. The number of hydrogen-bond donors (Lipinski definition) is 1. The summed E-state index contributed by atoms with van der Waals surface area (Å²) in [5.41, 5.74) is -0.0377. The molecule has 5 unspecified atom stereocenters. The molecule has 3 aliphatic rings. The number of fused-ring (bicyclic) bond motifs is 1. The van der Waals surface area contributed by atoms with Crippen LogP contribution in [0.25, 0.3) is 0 Å². The molecule has 3 heterocycles. The first-order valence-corrected chi connectivity index (χ1v) is 7.52. The average Bonchev–Trinajstić information content (AvgIpc) is 3.15. The first-order chi connectivity index (χ1) is 11.0. The van der Waals surface area contributed by atoms with E-state index in [2.05, 4.69) is 6.58 Å². The topological polar surface area (TPSA) is 108 Å². The van der Waals surface area contributed by atoms with E-state index in [0.717, 1.165) is 0 Å². The van der Waals surface area contributed by atoms with E-state index in [4.69, 9.17) is 24.1 Å². The van der Waals surface area contributed by atoms with E-state index in [-0.39, 0.29) is 49.1 Å². The van der Waals surface area contributed by atoms with Crippen LogP contribution in [-0.4, -0.2) is 60.6 Å². The van der Waals surface area contributed by atoms with Crippen LogP contribution in [0.1, 0.15) is 19.3 Å². The number of aliphatic hydroxyl groups excluding tert-OH is 1. The molecule has 3 rings (SSSR count).